The lowest BCUT2D eigenvalue weighted by atomic mass is 10.1. The minimum Gasteiger partial charge on any atom is -0.468 e. The van der Waals surface area contributed by atoms with Crippen LogP contribution in [0.25, 0.3) is 0 Å². The van der Waals surface area contributed by atoms with Crippen molar-refractivity contribution in [3.63, 3.8) is 0 Å². The van der Waals surface area contributed by atoms with Crippen LogP contribution in [0, 0.1) is 13.8 Å². The van der Waals surface area contributed by atoms with Crippen LogP contribution in [0.3, 0.4) is 0 Å². The average Bonchev–Trinajstić information content (AvgIpc) is 2.99. The molecule has 3 nitrogen and oxygen atoms in total. The van der Waals surface area contributed by atoms with Gasteiger partial charge in [-0.2, -0.15) is 11.8 Å². The van der Waals surface area contributed by atoms with Gasteiger partial charge in [0, 0.05) is 18.1 Å². The van der Waals surface area contributed by atoms with Gasteiger partial charge in [0.2, 0.25) is 5.91 Å². The van der Waals surface area contributed by atoms with Crippen molar-refractivity contribution in [1.82, 2.24) is 5.32 Å². The molecular formula is C18H23NO2S2. The van der Waals surface area contributed by atoms with Crippen molar-refractivity contribution < 1.29 is 9.21 Å². The summed E-state index contributed by atoms with van der Waals surface area (Å²) >= 11 is 3.42. The molecule has 0 bridgehead atoms. The molecule has 5 heteroatoms. The van der Waals surface area contributed by atoms with Crippen molar-refractivity contribution in [1.29, 1.82) is 0 Å². The van der Waals surface area contributed by atoms with E-state index in [0.29, 0.717) is 12.3 Å². The van der Waals surface area contributed by atoms with E-state index in [1.54, 1.807) is 29.8 Å². The molecule has 124 valence electrons. The summed E-state index contributed by atoms with van der Waals surface area (Å²) in [5, 5.41) is 2.96. The van der Waals surface area contributed by atoms with Gasteiger partial charge in [-0.05, 0) is 31.5 Å². The number of furan rings is 1. The van der Waals surface area contributed by atoms with E-state index >= 15 is 0 Å². The Morgan fingerprint density at radius 3 is 2.61 bits per heavy atom. The van der Waals surface area contributed by atoms with E-state index in [-0.39, 0.29) is 5.91 Å². The Kier molecular flexibility index (Phi) is 7.62. The highest BCUT2D eigenvalue weighted by atomic mass is 32.2. The molecule has 0 radical (unpaired) electrons. The van der Waals surface area contributed by atoms with Gasteiger partial charge in [-0.3, -0.25) is 4.79 Å². The lowest BCUT2D eigenvalue weighted by molar-refractivity contribution is -0.118. The molecule has 1 heterocycles. The molecule has 0 fully saturated rings. The fraction of sp³-hybridized carbons (Fsp3) is 0.389. The Hall–Kier alpha value is -1.33. The maximum Gasteiger partial charge on any atom is 0.230 e. The number of hydrogen-bond acceptors (Lipinski definition) is 4. The van der Waals surface area contributed by atoms with Gasteiger partial charge in [-0.25, -0.2) is 0 Å². The molecule has 1 amide bonds. The lowest BCUT2D eigenvalue weighted by Crippen LogP contribution is -2.27. The van der Waals surface area contributed by atoms with E-state index in [1.807, 2.05) is 12.1 Å². The first-order chi connectivity index (χ1) is 11.1. The molecule has 0 spiro atoms. The van der Waals surface area contributed by atoms with Crippen LogP contribution in [-0.2, 0) is 16.3 Å². The number of rotatable bonds is 9. The molecule has 0 unspecified atom stereocenters. The summed E-state index contributed by atoms with van der Waals surface area (Å²) in [4.78, 5) is 11.8. The first kappa shape index (κ1) is 18.0. The minimum absolute atomic E-state index is 0.109. The topological polar surface area (TPSA) is 42.2 Å². The molecule has 0 aliphatic rings. The quantitative estimate of drug-likeness (QED) is 0.690. The Labute approximate surface area is 146 Å². The Balaban J connectivity index is 1.54. The van der Waals surface area contributed by atoms with Gasteiger partial charge in [0.25, 0.3) is 0 Å². The van der Waals surface area contributed by atoms with E-state index in [1.165, 1.54) is 16.7 Å². The molecule has 0 saturated heterocycles. The third-order valence-electron chi connectivity index (χ3n) is 3.18. The van der Waals surface area contributed by atoms with Gasteiger partial charge < -0.3 is 9.73 Å². The second-order valence-corrected chi connectivity index (χ2v) is 7.56. The van der Waals surface area contributed by atoms with Gasteiger partial charge in [0.15, 0.2) is 0 Å². The van der Waals surface area contributed by atoms with Crippen LogP contribution in [0.2, 0.25) is 0 Å². The van der Waals surface area contributed by atoms with Crippen LogP contribution < -0.4 is 5.32 Å². The van der Waals surface area contributed by atoms with Crippen molar-refractivity contribution in [3.8, 4) is 0 Å². The minimum atomic E-state index is 0.109. The van der Waals surface area contributed by atoms with Crippen molar-refractivity contribution in [2.24, 2.45) is 0 Å². The first-order valence-electron chi connectivity index (χ1n) is 7.65. The molecule has 2 aromatic rings. The molecule has 0 aliphatic heterocycles. The van der Waals surface area contributed by atoms with Crippen molar-refractivity contribution >= 4 is 29.4 Å². The number of carbonyl (C=O) groups excluding carboxylic acids is 1. The van der Waals surface area contributed by atoms with Crippen molar-refractivity contribution in [3.05, 3.63) is 59.0 Å². The Bertz CT molecular complexity index is 591. The van der Waals surface area contributed by atoms with E-state index in [9.17, 15) is 4.79 Å². The lowest BCUT2D eigenvalue weighted by Gasteiger charge is -2.06. The SMILES string of the molecule is Cc1cc(C)cc(CSCC(=O)NCCSCc2ccco2)c1. The number of aryl methyl sites for hydroxylation is 2. The highest BCUT2D eigenvalue weighted by Gasteiger charge is 2.03. The molecule has 1 aromatic heterocycles. The van der Waals surface area contributed by atoms with Crippen LogP contribution in [0.4, 0.5) is 0 Å². The average molecular weight is 350 g/mol. The summed E-state index contributed by atoms with van der Waals surface area (Å²) < 4.78 is 5.26. The molecule has 23 heavy (non-hydrogen) atoms. The summed E-state index contributed by atoms with van der Waals surface area (Å²) in [7, 11) is 0. The molecule has 1 aromatic carbocycles. The summed E-state index contributed by atoms with van der Waals surface area (Å²) in [6.45, 7) is 4.91. The maximum absolute atomic E-state index is 11.8. The molecule has 1 N–H and O–H groups in total. The fourth-order valence-electron chi connectivity index (χ4n) is 2.30. The molecule has 0 aliphatic carbocycles. The molecule has 2 rings (SSSR count). The summed E-state index contributed by atoms with van der Waals surface area (Å²) in [6.07, 6.45) is 1.69. The summed E-state index contributed by atoms with van der Waals surface area (Å²) in [5.41, 5.74) is 3.84. The highest BCUT2D eigenvalue weighted by Crippen LogP contribution is 2.16. The van der Waals surface area contributed by atoms with Crippen LogP contribution in [0.1, 0.15) is 22.5 Å². The monoisotopic (exact) mass is 349 g/mol. The van der Waals surface area contributed by atoms with Crippen LogP contribution >= 0.6 is 23.5 Å². The Morgan fingerprint density at radius 1 is 1.13 bits per heavy atom. The number of hydrogen-bond donors (Lipinski definition) is 1. The normalized spacial score (nSPS) is 10.7. The number of carbonyl (C=O) groups is 1. The molecular weight excluding hydrogens is 326 g/mol. The van der Waals surface area contributed by atoms with Gasteiger partial charge in [0.05, 0.1) is 17.8 Å². The highest BCUT2D eigenvalue weighted by molar-refractivity contribution is 7.99. The fourth-order valence-corrected chi connectivity index (χ4v) is 3.84. The van der Waals surface area contributed by atoms with Crippen molar-refractivity contribution in [2.75, 3.05) is 18.1 Å². The van der Waals surface area contributed by atoms with E-state index < -0.39 is 0 Å². The predicted molar refractivity (Wildman–Crippen MR) is 100.0 cm³/mol. The van der Waals surface area contributed by atoms with Gasteiger partial charge in [-0.1, -0.05) is 29.3 Å². The first-order valence-corrected chi connectivity index (χ1v) is 9.96. The second-order valence-electron chi connectivity index (χ2n) is 5.47. The maximum atomic E-state index is 11.8. The number of nitrogens with one attached hydrogen (secondary N) is 1. The predicted octanol–water partition coefficient (Wildman–Crippen LogP) is 4.18. The zero-order valence-electron chi connectivity index (χ0n) is 13.6. The third kappa shape index (κ3) is 7.18. The van der Waals surface area contributed by atoms with E-state index in [2.05, 4.69) is 37.4 Å². The molecule has 0 atom stereocenters. The second kappa shape index (κ2) is 9.73. The van der Waals surface area contributed by atoms with Crippen LogP contribution in [-0.4, -0.2) is 24.0 Å². The van der Waals surface area contributed by atoms with Gasteiger partial charge >= 0.3 is 0 Å². The van der Waals surface area contributed by atoms with Gasteiger partial charge in [0.1, 0.15) is 5.76 Å². The largest absolute Gasteiger partial charge is 0.468 e. The van der Waals surface area contributed by atoms with E-state index in [0.717, 1.165) is 23.0 Å². The number of amides is 1. The van der Waals surface area contributed by atoms with E-state index in [4.69, 9.17) is 4.42 Å². The standard InChI is InChI=1S/C18H23NO2S2/c1-14-8-15(2)10-16(9-14)11-23-13-18(20)19-5-7-22-12-17-4-3-6-21-17/h3-4,6,8-10H,5,7,11-13H2,1-2H3,(H,19,20). The zero-order chi connectivity index (χ0) is 16.5. The van der Waals surface area contributed by atoms with Crippen LogP contribution in [0.5, 0.6) is 0 Å². The van der Waals surface area contributed by atoms with Gasteiger partial charge in [-0.15, -0.1) is 11.8 Å². The number of benzene rings is 1. The third-order valence-corrected chi connectivity index (χ3v) is 5.16. The van der Waals surface area contributed by atoms with Crippen molar-refractivity contribution in [2.45, 2.75) is 25.4 Å². The van der Waals surface area contributed by atoms with Crippen LogP contribution in [0.15, 0.2) is 41.0 Å². The molecule has 0 saturated carbocycles. The zero-order valence-corrected chi connectivity index (χ0v) is 15.3. The number of thioether (sulfide) groups is 2. The summed E-state index contributed by atoms with van der Waals surface area (Å²) in [6, 6.07) is 10.4. The Morgan fingerprint density at radius 2 is 1.91 bits per heavy atom. The smallest absolute Gasteiger partial charge is 0.230 e. The summed E-state index contributed by atoms with van der Waals surface area (Å²) in [5.74, 6) is 4.22.